The minimum absolute atomic E-state index is 0.0660. The van der Waals surface area contributed by atoms with Gasteiger partial charge in [0.15, 0.2) is 13.2 Å². The normalized spacial score (nSPS) is 10.2. The van der Waals surface area contributed by atoms with E-state index in [2.05, 4.69) is 5.32 Å². The van der Waals surface area contributed by atoms with Crippen molar-refractivity contribution < 1.29 is 19.1 Å². The molecular formula is C19H21ClN2O4. The van der Waals surface area contributed by atoms with Gasteiger partial charge in [-0.3, -0.25) is 9.59 Å². The highest BCUT2D eigenvalue weighted by Crippen LogP contribution is 2.21. The second-order valence-corrected chi connectivity index (χ2v) is 6.26. The molecule has 2 rings (SSSR count). The van der Waals surface area contributed by atoms with Gasteiger partial charge in [0.05, 0.1) is 0 Å². The van der Waals surface area contributed by atoms with Crippen LogP contribution in [0, 0.1) is 6.92 Å². The molecule has 2 aromatic rings. The topological polar surface area (TPSA) is 67.9 Å². The van der Waals surface area contributed by atoms with E-state index in [1.165, 1.54) is 4.90 Å². The maximum atomic E-state index is 12.0. The largest absolute Gasteiger partial charge is 0.484 e. The minimum atomic E-state index is -0.306. The monoisotopic (exact) mass is 376 g/mol. The van der Waals surface area contributed by atoms with Crippen LogP contribution in [0.1, 0.15) is 5.56 Å². The van der Waals surface area contributed by atoms with E-state index in [1.807, 2.05) is 6.92 Å². The van der Waals surface area contributed by atoms with Crippen molar-refractivity contribution in [1.82, 2.24) is 4.90 Å². The summed E-state index contributed by atoms with van der Waals surface area (Å²) >= 11 is 5.96. The third kappa shape index (κ3) is 5.97. The lowest BCUT2D eigenvalue weighted by Crippen LogP contribution is -2.27. The molecule has 6 nitrogen and oxygen atoms in total. The smallest absolute Gasteiger partial charge is 0.262 e. The molecule has 26 heavy (non-hydrogen) atoms. The number of likely N-dealkylation sites (N-methyl/N-ethyl adjacent to an activating group) is 1. The van der Waals surface area contributed by atoms with Gasteiger partial charge in [-0.25, -0.2) is 0 Å². The van der Waals surface area contributed by atoms with Gasteiger partial charge in [0, 0.05) is 30.9 Å². The maximum absolute atomic E-state index is 12.0. The number of hydrogen-bond acceptors (Lipinski definition) is 4. The summed E-state index contributed by atoms with van der Waals surface area (Å²) < 4.78 is 10.9. The van der Waals surface area contributed by atoms with Crippen molar-refractivity contribution in [3.05, 3.63) is 53.1 Å². The Morgan fingerprint density at radius 2 is 1.73 bits per heavy atom. The number of benzene rings is 2. The predicted molar refractivity (Wildman–Crippen MR) is 101 cm³/mol. The third-order valence-electron chi connectivity index (χ3n) is 3.48. The zero-order chi connectivity index (χ0) is 19.1. The Balaban J connectivity index is 1.87. The first-order valence-electron chi connectivity index (χ1n) is 7.97. The van der Waals surface area contributed by atoms with Gasteiger partial charge < -0.3 is 19.7 Å². The molecule has 2 amide bonds. The lowest BCUT2D eigenvalue weighted by Gasteiger charge is -2.12. The molecule has 138 valence electrons. The molecule has 0 saturated carbocycles. The number of anilines is 1. The summed E-state index contributed by atoms with van der Waals surface area (Å²) in [5.74, 6) is 0.610. The molecule has 7 heteroatoms. The molecule has 2 aromatic carbocycles. The average Bonchev–Trinajstić information content (AvgIpc) is 2.61. The molecule has 0 heterocycles. The summed E-state index contributed by atoms with van der Waals surface area (Å²) in [6.07, 6.45) is 0. The van der Waals surface area contributed by atoms with Crippen molar-refractivity contribution in [3.63, 3.8) is 0 Å². The van der Waals surface area contributed by atoms with Crippen LogP contribution in [-0.2, 0) is 9.59 Å². The highest BCUT2D eigenvalue weighted by Gasteiger charge is 2.08. The van der Waals surface area contributed by atoms with Crippen LogP contribution >= 0.6 is 11.6 Å². The lowest BCUT2D eigenvalue weighted by atomic mass is 10.2. The van der Waals surface area contributed by atoms with E-state index in [4.69, 9.17) is 21.1 Å². The van der Waals surface area contributed by atoms with Gasteiger partial charge >= 0.3 is 0 Å². The van der Waals surface area contributed by atoms with Gasteiger partial charge in [-0.1, -0.05) is 17.7 Å². The standard InChI is InChI=1S/C19H21ClN2O4/c1-13-9-16(7-8-17(13)20)25-11-18(23)21-14-5-4-6-15(10-14)26-12-19(24)22(2)3/h4-10H,11-12H2,1-3H3,(H,21,23). The highest BCUT2D eigenvalue weighted by molar-refractivity contribution is 6.31. The third-order valence-corrected chi connectivity index (χ3v) is 3.90. The number of carbonyl (C=O) groups excluding carboxylic acids is 2. The van der Waals surface area contributed by atoms with Crippen LogP contribution in [0.15, 0.2) is 42.5 Å². The Morgan fingerprint density at radius 3 is 2.42 bits per heavy atom. The summed E-state index contributed by atoms with van der Waals surface area (Å²) in [5, 5.41) is 3.37. The summed E-state index contributed by atoms with van der Waals surface area (Å²) in [6, 6.07) is 12.0. The number of nitrogens with one attached hydrogen (secondary N) is 1. The fraction of sp³-hybridized carbons (Fsp3) is 0.263. The zero-order valence-electron chi connectivity index (χ0n) is 14.9. The Kier molecular flexibility index (Phi) is 6.86. The second kappa shape index (κ2) is 9.10. The number of halogens is 1. The van der Waals surface area contributed by atoms with E-state index in [-0.39, 0.29) is 25.0 Å². The van der Waals surface area contributed by atoms with Crippen LogP contribution in [-0.4, -0.2) is 44.0 Å². The molecule has 0 aliphatic heterocycles. The predicted octanol–water partition coefficient (Wildman–Crippen LogP) is 3.13. The molecule has 0 bridgehead atoms. The van der Waals surface area contributed by atoms with Gasteiger partial charge in [-0.05, 0) is 42.8 Å². The van der Waals surface area contributed by atoms with Crippen LogP contribution in [0.3, 0.4) is 0 Å². The van der Waals surface area contributed by atoms with Gasteiger partial charge in [0.2, 0.25) is 0 Å². The Bertz CT molecular complexity index is 793. The lowest BCUT2D eigenvalue weighted by molar-refractivity contribution is -0.130. The van der Waals surface area contributed by atoms with Crippen LogP contribution in [0.2, 0.25) is 5.02 Å². The van der Waals surface area contributed by atoms with Gasteiger partial charge in [-0.15, -0.1) is 0 Å². The van der Waals surface area contributed by atoms with Crippen molar-refractivity contribution >= 4 is 29.1 Å². The summed E-state index contributed by atoms with van der Waals surface area (Å²) in [5.41, 5.74) is 1.43. The number of aryl methyl sites for hydroxylation is 1. The van der Waals surface area contributed by atoms with E-state index in [1.54, 1.807) is 56.6 Å². The van der Waals surface area contributed by atoms with Crippen molar-refractivity contribution in [2.75, 3.05) is 32.6 Å². The maximum Gasteiger partial charge on any atom is 0.262 e. The highest BCUT2D eigenvalue weighted by atomic mass is 35.5. The molecule has 0 radical (unpaired) electrons. The van der Waals surface area contributed by atoms with Gasteiger partial charge in [0.1, 0.15) is 11.5 Å². The first-order valence-corrected chi connectivity index (χ1v) is 8.35. The summed E-state index contributed by atoms with van der Waals surface area (Å²) in [6.45, 7) is 1.66. The molecule has 0 aliphatic carbocycles. The number of amides is 2. The molecule has 0 saturated heterocycles. The quantitative estimate of drug-likeness (QED) is 0.806. The zero-order valence-corrected chi connectivity index (χ0v) is 15.7. The number of rotatable bonds is 7. The fourth-order valence-corrected chi connectivity index (χ4v) is 2.11. The molecule has 0 aromatic heterocycles. The molecule has 0 atom stereocenters. The molecule has 0 spiro atoms. The Morgan fingerprint density at radius 1 is 1.04 bits per heavy atom. The second-order valence-electron chi connectivity index (χ2n) is 5.85. The first-order chi connectivity index (χ1) is 12.3. The van der Waals surface area contributed by atoms with E-state index in [0.29, 0.717) is 22.2 Å². The minimum Gasteiger partial charge on any atom is -0.484 e. The molecule has 1 N–H and O–H groups in total. The molecular weight excluding hydrogens is 356 g/mol. The SMILES string of the molecule is Cc1cc(OCC(=O)Nc2cccc(OCC(=O)N(C)C)c2)ccc1Cl. The van der Waals surface area contributed by atoms with Crippen LogP contribution in [0.4, 0.5) is 5.69 Å². The van der Waals surface area contributed by atoms with Crippen molar-refractivity contribution in [1.29, 1.82) is 0 Å². The van der Waals surface area contributed by atoms with Crippen molar-refractivity contribution in [3.8, 4) is 11.5 Å². The van der Waals surface area contributed by atoms with Crippen LogP contribution in [0.5, 0.6) is 11.5 Å². The van der Waals surface area contributed by atoms with E-state index >= 15 is 0 Å². The van der Waals surface area contributed by atoms with E-state index < -0.39 is 0 Å². The van der Waals surface area contributed by atoms with Gasteiger partial charge in [-0.2, -0.15) is 0 Å². The van der Waals surface area contributed by atoms with Gasteiger partial charge in [0.25, 0.3) is 11.8 Å². The Labute approximate surface area is 157 Å². The van der Waals surface area contributed by atoms with E-state index in [9.17, 15) is 9.59 Å². The first kappa shape index (κ1) is 19.6. The number of ether oxygens (including phenoxy) is 2. The van der Waals surface area contributed by atoms with E-state index in [0.717, 1.165) is 5.56 Å². The average molecular weight is 377 g/mol. The number of nitrogens with zero attached hydrogens (tertiary/aromatic N) is 1. The molecule has 0 aliphatic rings. The Hall–Kier alpha value is -2.73. The fourth-order valence-electron chi connectivity index (χ4n) is 1.99. The summed E-state index contributed by atoms with van der Waals surface area (Å²) in [7, 11) is 3.31. The summed E-state index contributed by atoms with van der Waals surface area (Å²) in [4.78, 5) is 25.0. The van der Waals surface area contributed by atoms with Crippen molar-refractivity contribution in [2.24, 2.45) is 0 Å². The van der Waals surface area contributed by atoms with Crippen molar-refractivity contribution in [2.45, 2.75) is 6.92 Å². The van der Waals surface area contributed by atoms with Crippen LogP contribution in [0.25, 0.3) is 0 Å². The number of hydrogen-bond donors (Lipinski definition) is 1. The molecule has 0 fully saturated rings. The number of carbonyl (C=O) groups is 2. The van der Waals surface area contributed by atoms with Crippen LogP contribution < -0.4 is 14.8 Å². The molecule has 0 unspecified atom stereocenters.